The number of hydrogen-bond donors (Lipinski definition) is 2. The van der Waals surface area contributed by atoms with Crippen molar-refractivity contribution in [1.29, 1.82) is 0 Å². The van der Waals surface area contributed by atoms with Gasteiger partial charge in [0.2, 0.25) is 5.95 Å². The summed E-state index contributed by atoms with van der Waals surface area (Å²) in [6, 6.07) is 1.66. The fraction of sp³-hybridized carbons (Fsp3) is 0.167. The highest BCUT2D eigenvalue weighted by atomic mass is 32.2. The number of carbonyl (C=O) groups excluding carboxylic acids is 1. The average molecular weight is 320 g/mol. The van der Waals surface area contributed by atoms with Crippen LogP contribution in [0.3, 0.4) is 0 Å². The van der Waals surface area contributed by atoms with Gasteiger partial charge < -0.3 is 4.90 Å². The highest BCUT2D eigenvalue weighted by molar-refractivity contribution is 7.90. The Labute approximate surface area is 126 Å². The van der Waals surface area contributed by atoms with Gasteiger partial charge in [-0.05, 0) is 18.2 Å². The molecule has 1 aromatic rings. The Hall–Kier alpha value is -2.75. The summed E-state index contributed by atoms with van der Waals surface area (Å²) in [5.74, 6) is 0.104. The number of hydrazine groups is 1. The van der Waals surface area contributed by atoms with E-state index < -0.39 is 15.9 Å². The summed E-state index contributed by atoms with van der Waals surface area (Å²) >= 11 is 0. The smallest absolute Gasteiger partial charge is 0.271 e. The summed E-state index contributed by atoms with van der Waals surface area (Å²) in [5.41, 5.74) is 5.41. The van der Waals surface area contributed by atoms with Gasteiger partial charge in [-0.25, -0.2) is 18.4 Å². The third-order valence-corrected chi connectivity index (χ3v) is 4.10. The first-order valence-electron chi connectivity index (χ1n) is 6.36. The lowest BCUT2D eigenvalue weighted by Gasteiger charge is -2.26. The van der Waals surface area contributed by atoms with Crippen LogP contribution in [0.1, 0.15) is 0 Å². The van der Waals surface area contributed by atoms with Crippen LogP contribution in [0.15, 0.2) is 46.8 Å². The molecule has 0 aromatic carbocycles. The van der Waals surface area contributed by atoms with E-state index in [4.69, 9.17) is 0 Å². The van der Waals surface area contributed by atoms with Crippen LogP contribution in [-0.2, 0) is 14.8 Å². The van der Waals surface area contributed by atoms with Crippen molar-refractivity contribution < 1.29 is 13.2 Å². The maximum atomic E-state index is 12.0. The number of amides is 1. The number of rotatable bonds is 3. The molecule has 0 saturated heterocycles. The topological polar surface area (TPSA) is 117 Å². The second-order valence-corrected chi connectivity index (χ2v) is 6.25. The summed E-state index contributed by atoms with van der Waals surface area (Å²) in [4.78, 5) is 21.5. The van der Waals surface area contributed by atoms with Crippen molar-refractivity contribution in [3.8, 4) is 0 Å². The Balaban J connectivity index is 1.68. The normalized spacial score (nSPS) is 18.8. The number of sulfonamides is 1. The van der Waals surface area contributed by atoms with E-state index in [2.05, 4.69) is 25.2 Å². The van der Waals surface area contributed by atoms with Crippen molar-refractivity contribution in [1.82, 2.24) is 20.3 Å². The molecule has 10 heteroatoms. The number of fused-ring (bicyclic) bond motifs is 1. The summed E-state index contributed by atoms with van der Waals surface area (Å²) in [6.07, 6.45) is 7.62. The lowest BCUT2D eigenvalue weighted by atomic mass is 10.2. The number of amidine groups is 1. The van der Waals surface area contributed by atoms with Gasteiger partial charge in [0, 0.05) is 25.1 Å². The van der Waals surface area contributed by atoms with Gasteiger partial charge in [0.05, 0.1) is 11.3 Å². The molecular formula is C12H12N6O3S. The van der Waals surface area contributed by atoms with Crippen LogP contribution in [0.5, 0.6) is 0 Å². The molecule has 9 nitrogen and oxygen atoms in total. The molecule has 0 aliphatic carbocycles. The molecular weight excluding hydrogens is 308 g/mol. The molecule has 1 aromatic heterocycles. The molecule has 0 bridgehead atoms. The fourth-order valence-electron chi connectivity index (χ4n) is 1.88. The van der Waals surface area contributed by atoms with Gasteiger partial charge >= 0.3 is 0 Å². The van der Waals surface area contributed by atoms with Crippen molar-refractivity contribution in [2.45, 2.75) is 0 Å². The summed E-state index contributed by atoms with van der Waals surface area (Å²) in [7, 11) is -3.40. The monoisotopic (exact) mass is 320 g/mol. The van der Waals surface area contributed by atoms with E-state index in [0.717, 1.165) is 0 Å². The van der Waals surface area contributed by atoms with Crippen LogP contribution in [0.4, 0.5) is 5.95 Å². The zero-order chi connectivity index (χ0) is 15.6. The van der Waals surface area contributed by atoms with Crippen LogP contribution in [0.2, 0.25) is 0 Å². The lowest BCUT2D eigenvalue weighted by Crippen LogP contribution is -2.39. The molecule has 3 heterocycles. The van der Waals surface area contributed by atoms with E-state index in [0.29, 0.717) is 11.4 Å². The number of carbonyl (C=O) groups is 1. The SMILES string of the molecule is O=C(NNc1ncccn1)C1=CN2CCS(=O)(=O)N=C2C=C1. The Morgan fingerprint density at radius 3 is 2.77 bits per heavy atom. The van der Waals surface area contributed by atoms with Gasteiger partial charge in [-0.1, -0.05) is 0 Å². The number of anilines is 1. The molecule has 0 spiro atoms. The van der Waals surface area contributed by atoms with Crippen LogP contribution < -0.4 is 10.9 Å². The minimum absolute atomic E-state index is 0.0775. The van der Waals surface area contributed by atoms with Gasteiger partial charge in [-0.15, -0.1) is 4.40 Å². The van der Waals surface area contributed by atoms with Crippen LogP contribution in [0, 0.1) is 0 Å². The third kappa shape index (κ3) is 3.11. The van der Waals surface area contributed by atoms with Crippen LogP contribution in [0.25, 0.3) is 0 Å². The molecule has 0 saturated carbocycles. The third-order valence-electron chi connectivity index (χ3n) is 2.94. The Morgan fingerprint density at radius 2 is 2.00 bits per heavy atom. The van der Waals surface area contributed by atoms with Crippen LogP contribution in [-0.4, -0.2) is 47.3 Å². The maximum Gasteiger partial charge on any atom is 0.271 e. The van der Waals surface area contributed by atoms with Gasteiger partial charge in [0.1, 0.15) is 5.84 Å². The van der Waals surface area contributed by atoms with Gasteiger partial charge in [0.25, 0.3) is 15.9 Å². The Bertz CT molecular complexity index is 784. The van der Waals surface area contributed by atoms with Gasteiger partial charge in [-0.3, -0.25) is 15.6 Å². The Kier molecular flexibility index (Phi) is 3.59. The van der Waals surface area contributed by atoms with Crippen molar-refractivity contribution in [3.63, 3.8) is 0 Å². The summed E-state index contributed by atoms with van der Waals surface area (Å²) in [5, 5.41) is 0. The quantitative estimate of drug-likeness (QED) is 0.715. The van der Waals surface area contributed by atoms with E-state index in [-0.39, 0.29) is 18.2 Å². The molecule has 0 atom stereocenters. The molecule has 3 rings (SSSR count). The predicted molar refractivity (Wildman–Crippen MR) is 78.9 cm³/mol. The first-order valence-corrected chi connectivity index (χ1v) is 7.97. The standard InChI is InChI=1S/C12H12N6O3S/c19-11(15-16-12-13-4-1-5-14-12)9-2-3-10-17-22(20,21)7-6-18(10)8-9/h1-5,8H,6-7H2,(H,15,19)(H,13,14,16). The predicted octanol–water partition coefficient (Wildman–Crippen LogP) is -0.583. The zero-order valence-electron chi connectivity index (χ0n) is 11.3. The first kappa shape index (κ1) is 14.2. The lowest BCUT2D eigenvalue weighted by molar-refractivity contribution is -0.116. The fourth-order valence-corrected chi connectivity index (χ4v) is 2.85. The number of hydrogen-bond acceptors (Lipinski definition) is 7. The van der Waals surface area contributed by atoms with Crippen molar-refractivity contribution in [2.24, 2.45) is 4.40 Å². The highest BCUT2D eigenvalue weighted by Gasteiger charge is 2.24. The van der Waals surface area contributed by atoms with Crippen molar-refractivity contribution >= 4 is 27.7 Å². The highest BCUT2D eigenvalue weighted by Crippen LogP contribution is 2.15. The molecule has 0 radical (unpaired) electrons. The average Bonchev–Trinajstić information content (AvgIpc) is 2.52. The van der Waals surface area contributed by atoms with Crippen molar-refractivity contribution in [3.05, 3.63) is 42.4 Å². The summed E-state index contributed by atoms with van der Waals surface area (Å²) < 4.78 is 26.5. The number of aromatic nitrogens is 2. The Morgan fingerprint density at radius 1 is 1.23 bits per heavy atom. The van der Waals surface area contributed by atoms with Crippen molar-refractivity contribution in [2.75, 3.05) is 17.7 Å². The maximum absolute atomic E-state index is 12.0. The minimum atomic E-state index is -3.40. The molecule has 2 aliphatic rings. The number of nitrogens with zero attached hydrogens (tertiary/aromatic N) is 4. The zero-order valence-corrected chi connectivity index (χ0v) is 12.1. The van der Waals surface area contributed by atoms with E-state index in [1.165, 1.54) is 24.5 Å². The molecule has 114 valence electrons. The van der Waals surface area contributed by atoms with Gasteiger partial charge in [-0.2, -0.15) is 0 Å². The largest absolute Gasteiger partial charge is 0.330 e. The van der Waals surface area contributed by atoms with E-state index in [1.54, 1.807) is 17.2 Å². The molecule has 0 unspecified atom stereocenters. The second-order valence-electron chi connectivity index (χ2n) is 4.50. The molecule has 2 N–H and O–H groups in total. The molecule has 1 amide bonds. The first-order chi connectivity index (χ1) is 10.5. The molecule has 2 aliphatic heterocycles. The van der Waals surface area contributed by atoms with E-state index in [9.17, 15) is 13.2 Å². The summed E-state index contributed by atoms with van der Waals surface area (Å²) in [6.45, 7) is 0.261. The van der Waals surface area contributed by atoms with E-state index >= 15 is 0 Å². The molecule has 0 fully saturated rings. The minimum Gasteiger partial charge on any atom is -0.330 e. The number of nitrogens with one attached hydrogen (secondary N) is 2. The van der Waals surface area contributed by atoms with E-state index in [1.807, 2.05) is 0 Å². The second kappa shape index (κ2) is 5.56. The molecule has 22 heavy (non-hydrogen) atoms. The van der Waals surface area contributed by atoms with Crippen LogP contribution >= 0.6 is 0 Å². The van der Waals surface area contributed by atoms with Gasteiger partial charge in [0.15, 0.2) is 0 Å².